The number of amides is 1. The number of halogens is 3. The van der Waals surface area contributed by atoms with Crippen molar-refractivity contribution in [1.29, 1.82) is 0 Å². The van der Waals surface area contributed by atoms with E-state index in [1.54, 1.807) is 6.07 Å². The number of benzene rings is 1. The van der Waals surface area contributed by atoms with E-state index < -0.39 is 5.51 Å². The van der Waals surface area contributed by atoms with Gasteiger partial charge in [-0.05, 0) is 43.2 Å². The van der Waals surface area contributed by atoms with Gasteiger partial charge in [0, 0.05) is 17.0 Å². The van der Waals surface area contributed by atoms with Crippen LogP contribution in [0.3, 0.4) is 0 Å². The van der Waals surface area contributed by atoms with Crippen LogP contribution >= 0.6 is 11.8 Å². The molecule has 0 saturated carbocycles. The van der Waals surface area contributed by atoms with Crippen LogP contribution in [0.25, 0.3) is 0 Å². The molecule has 2 saturated heterocycles. The molecule has 2 heterocycles. The van der Waals surface area contributed by atoms with Crippen LogP contribution in [0.2, 0.25) is 0 Å². The molecule has 1 aromatic carbocycles. The minimum atomic E-state index is -4.37. The highest BCUT2D eigenvalue weighted by Gasteiger charge is 2.43. The lowest BCUT2D eigenvalue weighted by molar-refractivity contribution is -0.120. The number of alkyl halides is 3. The molecule has 21 heavy (non-hydrogen) atoms. The normalized spacial score (nSPS) is 27.9. The van der Waals surface area contributed by atoms with E-state index in [1.165, 1.54) is 18.2 Å². The molecule has 3 unspecified atom stereocenters. The molecule has 1 aromatic rings. The molecule has 3 rings (SSSR count). The Hall–Kier alpha value is -1.21. The van der Waals surface area contributed by atoms with E-state index >= 15 is 0 Å². The third-order valence-electron chi connectivity index (χ3n) is 4.01. The molecule has 3 nitrogen and oxygen atoms in total. The molecule has 2 aliphatic rings. The lowest BCUT2D eigenvalue weighted by atomic mass is 9.88. The van der Waals surface area contributed by atoms with Gasteiger partial charge in [-0.15, -0.1) is 0 Å². The van der Waals surface area contributed by atoms with Gasteiger partial charge in [0.25, 0.3) is 0 Å². The molecule has 7 heteroatoms. The number of fused-ring (bicyclic) bond motifs is 2. The zero-order chi connectivity index (χ0) is 15.0. The van der Waals surface area contributed by atoms with E-state index in [-0.39, 0.29) is 40.2 Å². The molecule has 0 aliphatic carbocycles. The number of carbonyl (C=O) groups excluding carboxylic acids is 1. The van der Waals surface area contributed by atoms with Gasteiger partial charge in [0.15, 0.2) is 0 Å². The van der Waals surface area contributed by atoms with E-state index in [4.69, 9.17) is 0 Å². The molecule has 2 fully saturated rings. The first-order valence-corrected chi connectivity index (χ1v) is 7.66. The van der Waals surface area contributed by atoms with Gasteiger partial charge in [0.1, 0.15) is 0 Å². The summed E-state index contributed by atoms with van der Waals surface area (Å²) in [6, 6.07) is 6.57. The van der Waals surface area contributed by atoms with Crippen LogP contribution in [0.15, 0.2) is 29.2 Å². The highest BCUT2D eigenvalue weighted by atomic mass is 32.2. The Balaban J connectivity index is 1.71. The molecule has 0 radical (unpaired) electrons. The predicted molar refractivity (Wildman–Crippen MR) is 75.0 cm³/mol. The topological polar surface area (TPSA) is 41.1 Å². The summed E-state index contributed by atoms with van der Waals surface area (Å²) in [5.41, 5.74) is -4.14. The largest absolute Gasteiger partial charge is 0.446 e. The van der Waals surface area contributed by atoms with Gasteiger partial charge in [-0.25, -0.2) is 0 Å². The summed E-state index contributed by atoms with van der Waals surface area (Å²) >= 11 is -0.203. The predicted octanol–water partition coefficient (Wildman–Crippen LogP) is 3.38. The van der Waals surface area contributed by atoms with Gasteiger partial charge in [-0.3, -0.25) is 4.79 Å². The van der Waals surface area contributed by atoms with Crippen molar-refractivity contribution >= 4 is 23.4 Å². The second-order valence-electron chi connectivity index (χ2n) is 5.42. The van der Waals surface area contributed by atoms with Crippen LogP contribution in [-0.4, -0.2) is 23.5 Å². The van der Waals surface area contributed by atoms with Gasteiger partial charge in [-0.1, -0.05) is 12.1 Å². The molecular formula is C14H15F3N2OS. The molecule has 3 atom stereocenters. The number of carbonyl (C=O) groups is 1. The van der Waals surface area contributed by atoms with E-state index in [1.807, 2.05) is 0 Å². The molecule has 1 amide bonds. The number of thioether (sulfide) groups is 1. The van der Waals surface area contributed by atoms with Crippen molar-refractivity contribution in [3.05, 3.63) is 24.3 Å². The van der Waals surface area contributed by atoms with Gasteiger partial charge in [0.2, 0.25) is 5.91 Å². The fourth-order valence-electron chi connectivity index (χ4n) is 3.12. The van der Waals surface area contributed by atoms with Crippen molar-refractivity contribution < 1.29 is 18.0 Å². The summed E-state index contributed by atoms with van der Waals surface area (Å²) in [4.78, 5) is 12.3. The van der Waals surface area contributed by atoms with Crippen LogP contribution in [-0.2, 0) is 4.79 Å². The Morgan fingerprint density at radius 3 is 2.67 bits per heavy atom. The lowest BCUT2D eigenvalue weighted by Crippen LogP contribution is -2.33. The fraction of sp³-hybridized carbons (Fsp3) is 0.500. The number of para-hydroxylation sites is 1. The molecule has 0 aromatic heterocycles. The highest BCUT2D eigenvalue weighted by molar-refractivity contribution is 8.00. The third-order valence-corrected chi connectivity index (χ3v) is 4.81. The fourth-order valence-corrected chi connectivity index (χ4v) is 3.75. The first kappa shape index (κ1) is 14.7. The number of rotatable bonds is 3. The van der Waals surface area contributed by atoms with Crippen LogP contribution in [0.4, 0.5) is 18.9 Å². The average Bonchev–Trinajstić information content (AvgIpc) is 3.01. The van der Waals surface area contributed by atoms with Crippen LogP contribution in [0.1, 0.15) is 19.3 Å². The molecule has 2 bridgehead atoms. The molecule has 114 valence electrons. The number of anilines is 1. The summed E-state index contributed by atoms with van der Waals surface area (Å²) in [5.74, 6) is -0.336. The zero-order valence-corrected chi connectivity index (χ0v) is 11.9. The number of hydrogen-bond donors (Lipinski definition) is 2. The minimum Gasteiger partial charge on any atom is -0.325 e. The Morgan fingerprint density at radius 2 is 2.05 bits per heavy atom. The van der Waals surface area contributed by atoms with Crippen molar-refractivity contribution in [1.82, 2.24) is 5.32 Å². The van der Waals surface area contributed by atoms with E-state index in [0.29, 0.717) is 6.04 Å². The molecule has 2 aliphatic heterocycles. The molecule has 2 N–H and O–H groups in total. The second kappa shape index (κ2) is 5.53. The summed E-state index contributed by atoms with van der Waals surface area (Å²) in [6.45, 7) is 0. The number of nitrogens with one attached hydrogen (secondary N) is 2. The van der Waals surface area contributed by atoms with Crippen molar-refractivity contribution in [2.45, 2.75) is 41.7 Å². The SMILES string of the molecule is O=C(Nc1ccccc1SC(F)(F)F)C1CC2CCC1N2. The van der Waals surface area contributed by atoms with Gasteiger partial charge < -0.3 is 10.6 Å². The average molecular weight is 316 g/mol. The van der Waals surface area contributed by atoms with Crippen LogP contribution in [0.5, 0.6) is 0 Å². The summed E-state index contributed by atoms with van der Waals surface area (Å²) in [6.07, 6.45) is 2.81. The maximum Gasteiger partial charge on any atom is 0.446 e. The van der Waals surface area contributed by atoms with Gasteiger partial charge in [0.05, 0.1) is 11.6 Å². The zero-order valence-electron chi connectivity index (χ0n) is 11.1. The standard InChI is InChI=1S/C14H15F3N2OS/c15-14(16,17)21-12-4-2-1-3-11(12)19-13(20)9-7-8-5-6-10(9)18-8/h1-4,8-10,18H,5-7H2,(H,19,20). The maximum atomic E-state index is 12.5. The van der Waals surface area contributed by atoms with Gasteiger partial charge in [-0.2, -0.15) is 13.2 Å². The van der Waals surface area contributed by atoms with Crippen LogP contribution < -0.4 is 10.6 Å². The first-order chi connectivity index (χ1) is 9.92. The minimum absolute atomic E-state index is 0.0227. The summed E-state index contributed by atoms with van der Waals surface area (Å²) < 4.78 is 37.6. The van der Waals surface area contributed by atoms with Crippen LogP contribution in [0, 0.1) is 5.92 Å². The first-order valence-electron chi connectivity index (χ1n) is 6.84. The lowest BCUT2D eigenvalue weighted by Gasteiger charge is -2.20. The number of hydrogen-bond acceptors (Lipinski definition) is 3. The smallest absolute Gasteiger partial charge is 0.325 e. The second-order valence-corrected chi connectivity index (χ2v) is 6.53. The Kier molecular flexibility index (Phi) is 3.88. The van der Waals surface area contributed by atoms with E-state index in [0.717, 1.165) is 19.3 Å². The molecular weight excluding hydrogens is 301 g/mol. The Morgan fingerprint density at radius 1 is 1.29 bits per heavy atom. The van der Waals surface area contributed by atoms with Crippen molar-refractivity contribution in [2.24, 2.45) is 5.92 Å². The highest BCUT2D eigenvalue weighted by Crippen LogP contribution is 2.41. The Bertz CT molecular complexity index is 549. The monoisotopic (exact) mass is 316 g/mol. The van der Waals surface area contributed by atoms with Crippen molar-refractivity contribution in [2.75, 3.05) is 5.32 Å². The van der Waals surface area contributed by atoms with Crippen molar-refractivity contribution in [3.63, 3.8) is 0 Å². The molecule has 0 spiro atoms. The van der Waals surface area contributed by atoms with E-state index in [2.05, 4.69) is 10.6 Å². The summed E-state index contributed by atoms with van der Waals surface area (Å²) in [7, 11) is 0. The van der Waals surface area contributed by atoms with Crippen molar-refractivity contribution in [3.8, 4) is 0 Å². The Labute approximate surface area is 124 Å². The van der Waals surface area contributed by atoms with Gasteiger partial charge >= 0.3 is 5.51 Å². The van der Waals surface area contributed by atoms with E-state index in [9.17, 15) is 18.0 Å². The third kappa shape index (κ3) is 3.35. The summed E-state index contributed by atoms with van der Waals surface area (Å²) in [5, 5.41) is 6.01. The quantitative estimate of drug-likeness (QED) is 0.840. The maximum absolute atomic E-state index is 12.5.